The summed E-state index contributed by atoms with van der Waals surface area (Å²) in [6.07, 6.45) is 0.771. The molecule has 1 aromatic carbocycles. The van der Waals surface area contributed by atoms with E-state index in [1.807, 2.05) is 18.2 Å². The van der Waals surface area contributed by atoms with Gasteiger partial charge in [0, 0.05) is 34.4 Å². The van der Waals surface area contributed by atoms with Crippen molar-refractivity contribution in [2.75, 3.05) is 13.1 Å². The Hall–Kier alpha value is -1.36. The first kappa shape index (κ1) is 19.4. The fourth-order valence-corrected chi connectivity index (χ4v) is 4.84. The molecule has 3 rings (SSSR count). The third-order valence-corrected chi connectivity index (χ3v) is 6.60. The highest BCUT2D eigenvalue weighted by Gasteiger charge is 2.37. The molecule has 2 heterocycles. The van der Waals surface area contributed by atoms with Gasteiger partial charge in [0.25, 0.3) is 0 Å². The quantitative estimate of drug-likeness (QED) is 0.733. The molecule has 0 amide bonds. The number of thiophene rings is 1. The lowest BCUT2D eigenvalue weighted by molar-refractivity contribution is -0.145. The number of hydrogen-bond acceptors (Lipinski definition) is 3. The molecule has 26 heavy (non-hydrogen) atoms. The second-order valence-corrected chi connectivity index (χ2v) is 9.91. The molecule has 0 radical (unpaired) electrons. The number of likely N-dealkylation sites (tertiary alicyclic amines) is 1. The number of carboxylic acids is 1. The molecule has 3 nitrogen and oxygen atoms in total. The van der Waals surface area contributed by atoms with E-state index in [0.29, 0.717) is 12.5 Å². The lowest BCUT2D eigenvalue weighted by Gasteiger charge is -2.42. The number of hydrogen-bond donors (Lipinski definition) is 1. The van der Waals surface area contributed by atoms with Gasteiger partial charge in [-0.15, -0.1) is 11.3 Å². The fourth-order valence-electron chi connectivity index (χ4n) is 3.61. The minimum atomic E-state index is -0.672. The first-order valence-electron chi connectivity index (χ1n) is 9.02. The third-order valence-electron chi connectivity index (χ3n) is 5.25. The normalized spacial score (nSPS) is 21.7. The van der Waals surface area contributed by atoms with E-state index in [9.17, 15) is 9.90 Å². The van der Waals surface area contributed by atoms with Crippen LogP contribution in [0, 0.1) is 17.3 Å². The van der Waals surface area contributed by atoms with Gasteiger partial charge in [-0.25, -0.2) is 0 Å². The van der Waals surface area contributed by atoms with Crippen molar-refractivity contribution in [3.63, 3.8) is 0 Å². The van der Waals surface area contributed by atoms with Crippen molar-refractivity contribution in [2.45, 2.75) is 33.7 Å². The van der Waals surface area contributed by atoms with Crippen LogP contribution < -0.4 is 0 Å². The molecule has 0 spiro atoms. The summed E-state index contributed by atoms with van der Waals surface area (Å²) >= 11 is 7.86. The molecule has 2 unspecified atom stereocenters. The molecule has 1 saturated heterocycles. The van der Waals surface area contributed by atoms with Crippen molar-refractivity contribution >= 4 is 28.9 Å². The summed E-state index contributed by atoms with van der Waals surface area (Å²) in [5.74, 6) is -0.556. The second-order valence-electron chi connectivity index (χ2n) is 8.30. The van der Waals surface area contributed by atoms with Gasteiger partial charge in [0.2, 0.25) is 0 Å². The lowest BCUT2D eigenvalue weighted by Crippen LogP contribution is -2.46. The highest BCUT2D eigenvalue weighted by molar-refractivity contribution is 7.15. The van der Waals surface area contributed by atoms with Crippen molar-refractivity contribution < 1.29 is 9.90 Å². The Morgan fingerprint density at radius 1 is 1.27 bits per heavy atom. The Morgan fingerprint density at radius 2 is 2.04 bits per heavy atom. The van der Waals surface area contributed by atoms with E-state index < -0.39 is 5.97 Å². The zero-order chi connectivity index (χ0) is 18.9. The van der Waals surface area contributed by atoms with Crippen LogP contribution in [0.25, 0.3) is 10.4 Å². The Bertz CT molecular complexity index is 780. The summed E-state index contributed by atoms with van der Waals surface area (Å²) in [7, 11) is 0. The van der Waals surface area contributed by atoms with Crippen molar-refractivity contribution in [3.8, 4) is 10.4 Å². The second kappa shape index (κ2) is 7.71. The highest BCUT2D eigenvalue weighted by Crippen LogP contribution is 2.37. The fraction of sp³-hybridized carbons (Fsp3) is 0.476. The average Bonchev–Trinajstić information content (AvgIpc) is 3.02. The first-order chi connectivity index (χ1) is 12.2. The maximum absolute atomic E-state index is 11.6. The van der Waals surface area contributed by atoms with Crippen LogP contribution in [0.1, 0.15) is 32.1 Å². The van der Waals surface area contributed by atoms with E-state index in [4.69, 9.17) is 11.6 Å². The topological polar surface area (TPSA) is 40.5 Å². The predicted molar refractivity (Wildman–Crippen MR) is 109 cm³/mol. The summed E-state index contributed by atoms with van der Waals surface area (Å²) in [5.41, 5.74) is 1.25. The first-order valence-corrected chi connectivity index (χ1v) is 10.2. The molecule has 2 aromatic rings. The number of benzene rings is 1. The largest absolute Gasteiger partial charge is 0.481 e. The SMILES string of the molecule is CC(C)(C)C1CC(C(=O)O)CN(Cc2ccc(-c3cccc(Cl)c3)s2)C1. The van der Waals surface area contributed by atoms with Gasteiger partial charge in [-0.1, -0.05) is 44.5 Å². The number of carbonyl (C=O) groups is 1. The highest BCUT2D eigenvalue weighted by atomic mass is 35.5. The van der Waals surface area contributed by atoms with Crippen molar-refractivity contribution in [1.29, 1.82) is 0 Å². The molecule has 0 saturated carbocycles. The van der Waals surface area contributed by atoms with Gasteiger partial charge in [0.05, 0.1) is 5.92 Å². The maximum Gasteiger partial charge on any atom is 0.307 e. The van der Waals surface area contributed by atoms with Gasteiger partial charge in [-0.05, 0) is 47.6 Å². The van der Waals surface area contributed by atoms with Crippen molar-refractivity contribution in [1.82, 2.24) is 4.90 Å². The number of rotatable bonds is 4. The molecule has 1 fully saturated rings. The van der Waals surface area contributed by atoms with Crippen LogP contribution in [-0.4, -0.2) is 29.1 Å². The molecule has 0 aliphatic carbocycles. The minimum absolute atomic E-state index is 0.119. The molecule has 1 aliphatic rings. The minimum Gasteiger partial charge on any atom is -0.481 e. The summed E-state index contributed by atoms with van der Waals surface area (Å²) in [5, 5.41) is 10.3. The Balaban J connectivity index is 1.74. The average molecular weight is 392 g/mol. The maximum atomic E-state index is 11.6. The molecule has 0 bridgehead atoms. The molecule has 5 heteroatoms. The van der Waals surface area contributed by atoms with Gasteiger partial charge in [-0.3, -0.25) is 9.69 Å². The van der Waals surface area contributed by atoms with Crippen LogP contribution in [0.15, 0.2) is 36.4 Å². The molecule has 1 N–H and O–H groups in total. The number of carboxylic acid groups (broad SMARTS) is 1. The van der Waals surface area contributed by atoms with E-state index in [2.05, 4.69) is 43.9 Å². The molecule has 1 aliphatic heterocycles. The number of aliphatic carboxylic acids is 1. The van der Waals surface area contributed by atoms with E-state index in [-0.39, 0.29) is 11.3 Å². The summed E-state index contributed by atoms with van der Waals surface area (Å²) in [4.78, 5) is 16.4. The van der Waals surface area contributed by atoms with Gasteiger partial charge in [0.1, 0.15) is 0 Å². The Morgan fingerprint density at radius 3 is 2.69 bits per heavy atom. The van der Waals surface area contributed by atoms with Crippen LogP contribution in [0.2, 0.25) is 5.02 Å². The van der Waals surface area contributed by atoms with Gasteiger partial charge >= 0.3 is 5.97 Å². The van der Waals surface area contributed by atoms with Crippen LogP contribution >= 0.6 is 22.9 Å². The summed E-state index contributed by atoms with van der Waals surface area (Å²) in [6, 6.07) is 12.2. The Labute approximate surface area is 164 Å². The van der Waals surface area contributed by atoms with Crippen molar-refractivity contribution in [3.05, 3.63) is 46.3 Å². The molecule has 2 atom stereocenters. The van der Waals surface area contributed by atoms with Gasteiger partial charge < -0.3 is 5.11 Å². The zero-order valence-corrected chi connectivity index (χ0v) is 17.1. The molecular formula is C21H26ClNO2S. The van der Waals surface area contributed by atoms with E-state index in [0.717, 1.165) is 30.1 Å². The molecule has 140 valence electrons. The molecular weight excluding hydrogens is 366 g/mol. The van der Waals surface area contributed by atoms with E-state index >= 15 is 0 Å². The summed E-state index contributed by atoms with van der Waals surface area (Å²) < 4.78 is 0. The monoisotopic (exact) mass is 391 g/mol. The number of halogens is 1. The van der Waals surface area contributed by atoms with Crippen LogP contribution in [0.3, 0.4) is 0 Å². The van der Waals surface area contributed by atoms with Crippen LogP contribution in [0.5, 0.6) is 0 Å². The van der Waals surface area contributed by atoms with E-state index in [1.54, 1.807) is 11.3 Å². The van der Waals surface area contributed by atoms with Gasteiger partial charge in [-0.2, -0.15) is 0 Å². The van der Waals surface area contributed by atoms with Crippen molar-refractivity contribution in [2.24, 2.45) is 17.3 Å². The summed E-state index contributed by atoms with van der Waals surface area (Å²) in [6.45, 7) is 9.03. The zero-order valence-electron chi connectivity index (χ0n) is 15.5. The number of piperidine rings is 1. The van der Waals surface area contributed by atoms with Gasteiger partial charge in [0.15, 0.2) is 0 Å². The Kier molecular flexibility index (Phi) is 5.75. The third kappa shape index (κ3) is 4.67. The lowest BCUT2D eigenvalue weighted by atomic mass is 9.73. The van der Waals surface area contributed by atoms with Crippen LogP contribution in [0.4, 0.5) is 0 Å². The number of nitrogens with zero attached hydrogens (tertiary/aromatic N) is 1. The standard InChI is InChI=1S/C21H26ClNO2S/c1-21(2,3)16-9-15(20(24)25)11-23(12-16)13-18-7-8-19(26-18)14-5-4-6-17(22)10-14/h4-8,10,15-16H,9,11-13H2,1-3H3,(H,24,25). The van der Waals surface area contributed by atoms with Crippen LogP contribution in [-0.2, 0) is 11.3 Å². The molecule has 1 aromatic heterocycles. The van der Waals surface area contributed by atoms with E-state index in [1.165, 1.54) is 9.75 Å². The smallest absolute Gasteiger partial charge is 0.307 e. The predicted octanol–water partition coefficient (Wildman–Crippen LogP) is 5.64.